The van der Waals surface area contributed by atoms with E-state index in [0.29, 0.717) is 22.8 Å². The van der Waals surface area contributed by atoms with Gasteiger partial charge in [0.25, 0.3) is 11.7 Å². The smallest absolute Gasteiger partial charge is 0.300 e. The van der Waals surface area contributed by atoms with Crippen LogP contribution in [0.5, 0.6) is 5.75 Å². The zero-order valence-electron chi connectivity index (χ0n) is 18.5. The van der Waals surface area contributed by atoms with Crippen LogP contribution in [0.2, 0.25) is 0 Å². The van der Waals surface area contributed by atoms with E-state index in [1.165, 1.54) is 11.2 Å². The third kappa shape index (κ3) is 3.68. The van der Waals surface area contributed by atoms with Crippen LogP contribution >= 0.6 is 0 Å². The summed E-state index contributed by atoms with van der Waals surface area (Å²) in [6.07, 6.45) is 1.49. The van der Waals surface area contributed by atoms with Gasteiger partial charge in [-0.3, -0.25) is 14.5 Å². The van der Waals surface area contributed by atoms with Crippen LogP contribution in [-0.2, 0) is 9.59 Å². The van der Waals surface area contributed by atoms with Gasteiger partial charge in [0, 0.05) is 11.3 Å². The maximum Gasteiger partial charge on any atom is 0.300 e. The van der Waals surface area contributed by atoms with Gasteiger partial charge in [-0.25, -0.2) is 0 Å². The van der Waals surface area contributed by atoms with Gasteiger partial charge in [-0.05, 0) is 75.2 Å². The Morgan fingerprint density at radius 3 is 2.41 bits per heavy atom. The average Bonchev–Trinajstić information content (AvgIpc) is 3.37. The highest BCUT2D eigenvalue weighted by Gasteiger charge is 2.48. The minimum atomic E-state index is -0.877. The van der Waals surface area contributed by atoms with Crippen LogP contribution in [0.25, 0.3) is 5.76 Å². The van der Waals surface area contributed by atoms with Crippen molar-refractivity contribution in [2.45, 2.75) is 39.8 Å². The summed E-state index contributed by atoms with van der Waals surface area (Å²) in [5.74, 6) is -0.629. The van der Waals surface area contributed by atoms with E-state index >= 15 is 0 Å². The Labute approximate surface area is 186 Å². The number of aryl methyl sites for hydroxylation is 2. The van der Waals surface area contributed by atoms with E-state index in [0.717, 1.165) is 11.1 Å². The summed E-state index contributed by atoms with van der Waals surface area (Å²) >= 11 is 0. The summed E-state index contributed by atoms with van der Waals surface area (Å²) < 4.78 is 11.4. The summed E-state index contributed by atoms with van der Waals surface area (Å²) in [5.41, 5.74) is 2.65. The molecule has 164 valence electrons. The number of furan rings is 1. The molecule has 1 fully saturated rings. The maximum absolute atomic E-state index is 13.1. The van der Waals surface area contributed by atoms with E-state index in [2.05, 4.69) is 0 Å². The van der Waals surface area contributed by atoms with Gasteiger partial charge >= 0.3 is 0 Å². The Balaban J connectivity index is 1.87. The second kappa shape index (κ2) is 8.38. The van der Waals surface area contributed by atoms with Crippen molar-refractivity contribution in [3.63, 3.8) is 0 Å². The highest BCUT2D eigenvalue weighted by Crippen LogP contribution is 2.43. The number of ketones is 1. The molecule has 1 aromatic heterocycles. The van der Waals surface area contributed by atoms with Gasteiger partial charge in [-0.1, -0.05) is 18.2 Å². The zero-order valence-corrected chi connectivity index (χ0v) is 18.5. The average molecular weight is 431 g/mol. The third-order valence-electron chi connectivity index (χ3n) is 5.44. The molecular weight excluding hydrogens is 406 g/mol. The quantitative estimate of drug-likeness (QED) is 0.336. The lowest BCUT2D eigenvalue weighted by molar-refractivity contribution is -0.132. The van der Waals surface area contributed by atoms with Crippen molar-refractivity contribution in [2.24, 2.45) is 0 Å². The van der Waals surface area contributed by atoms with Gasteiger partial charge in [0.15, 0.2) is 0 Å². The molecule has 6 heteroatoms. The molecular formula is C26H25NO5. The molecule has 0 spiro atoms. The Morgan fingerprint density at radius 1 is 1.03 bits per heavy atom. The van der Waals surface area contributed by atoms with E-state index < -0.39 is 17.7 Å². The first-order valence-electron chi connectivity index (χ1n) is 10.5. The van der Waals surface area contributed by atoms with Crippen molar-refractivity contribution >= 4 is 23.1 Å². The first-order valence-corrected chi connectivity index (χ1v) is 10.5. The summed E-state index contributed by atoms with van der Waals surface area (Å²) in [7, 11) is 0. The van der Waals surface area contributed by atoms with Crippen molar-refractivity contribution in [1.82, 2.24) is 0 Å². The van der Waals surface area contributed by atoms with Crippen LogP contribution in [0.1, 0.15) is 42.3 Å². The minimum absolute atomic E-state index is 0.00605. The first-order chi connectivity index (χ1) is 15.3. The number of para-hydroxylation sites is 1. The van der Waals surface area contributed by atoms with Crippen molar-refractivity contribution < 1.29 is 23.8 Å². The summed E-state index contributed by atoms with van der Waals surface area (Å²) in [5, 5.41) is 11.2. The molecule has 32 heavy (non-hydrogen) atoms. The van der Waals surface area contributed by atoms with Crippen LogP contribution in [-0.4, -0.2) is 22.9 Å². The molecule has 1 unspecified atom stereocenters. The second-order valence-corrected chi connectivity index (χ2v) is 8.12. The largest absolute Gasteiger partial charge is 0.507 e. The van der Waals surface area contributed by atoms with Crippen LogP contribution in [0, 0.1) is 13.8 Å². The van der Waals surface area contributed by atoms with Gasteiger partial charge in [0.2, 0.25) is 0 Å². The van der Waals surface area contributed by atoms with Gasteiger partial charge in [0.1, 0.15) is 23.3 Å². The topological polar surface area (TPSA) is 80.0 Å². The molecule has 0 aliphatic carbocycles. The number of carbonyl (C=O) groups is 2. The molecule has 2 heterocycles. The van der Waals surface area contributed by atoms with E-state index in [1.54, 1.807) is 42.5 Å². The molecule has 2 aromatic carbocycles. The number of amides is 1. The van der Waals surface area contributed by atoms with Gasteiger partial charge < -0.3 is 14.3 Å². The lowest BCUT2D eigenvalue weighted by atomic mass is 9.98. The fraction of sp³-hybridized carbons (Fsp3) is 0.231. The van der Waals surface area contributed by atoms with Crippen LogP contribution in [0.4, 0.5) is 5.69 Å². The molecule has 1 aliphatic rings. The van der Waals surface area contributed by atoms with Crippen molar-refractivity contribution in [1.29, 1.82) is 0 Å². The number of hydrogen-bond acceptors (Lipinski definition) is 5. The van der Waals surface area contributed by atoms with Gasteiger partial charge in [-0.2, -0.15) is 0 Å². The predicted octanol–water partition coefficient (Wildman–Crippen LogP) is 5.31. The van der Waals surface area contributed by atoms with Crippen LogP contribution in [0.3, 0.4) is 0 Å². The zero-order chi connectivity index (χ0) is 23.0. The standard InChI is InChI=1S/C26H25NO5/c1-15(2)32-20-12-11-18(14-17(20)4)24(28)22-23(21-10-7-13-31-21)27(26(30)25(22)29)19-9-6-5-8-16(19)3/h5-15,23,28H,1-4H3/b24-22-. The lowest BCUT2D eigenvalue weighted by Crippen LogP contribution is -2.29. The number of carbonyl (C=O) groups excluding carboxylic acids is 2. The minimum Gasteiger partial charge on any atom is -0.507 e. The summed E-state index contributed by atoms with van der Waals surface area (Å²) in [4.78, 5) is 27.7. The molecule has 3 aromatic rings. The number of hydrogen-bond donors (Lipinski definition) is 1. The molecule has 1 N–H and O–H groups in total. The monoisotopic (exact) mass is 431 g/mol. The number of aliphatic hydroxyl groups excluding tert-OH is 1. The van der Waals surface area contributed by atoms with Crippen molar-refractivity contribution in [2.75, 3.05) is 4.90 Å². The summed E-state index contributed by atoms with van der Waals surface area (Å²) in [6.45, 7) is 7.60. The van der Waals surface area contributed by atoms with E-state index in [9.17, 15) is 14.7 Å². The highest BCUT2D eigenvalue weighted by atomic mass is 16.5. The molecule has 6 nitrogen and oxygen atoms in total. The van der Waals surface area contributed by atoms with Crippen LogP contribution in [0.15, 0.2) is 70.9 Å². The molecule has 0 saturated carbocycles. The molecule has 4 rings (SSSR count). The Morgan fingerprint density at radius 2 is 1.78 bits per heavy atom. The molecule has 1 saturated heterocycles. The predicted molar refractivity (Wildman–Crippen MR) is 122 cm³/mol. The third-order valence-corrected chi connectivity index (χ3v) is 5.44. The fourth-order valence-electron chi connectivity index (χ4n) is 3.97. The highest BCUT2D eigenvalue weighted by molar-refractivity contribution is 6.51. The Kier molecular flexibility index (Phi) is 5.61. The Hall–Kier alpha value is -3.80. The summed E-state index contributed by atoms with van der Waals surface area (Å²) in [6, 6.07) is 15.0. The lowest BCUT2D eigenvalue weighted by Gasteiger charge is -2.24. The maximum atomic E-state index is 13.1. The van der Waals surface area contributed by atoms with Crippen molar-refractivity contribution in [3.8, 4) is 5.75 Å². The van der Waals surface area contributed by atoms with Crippen LogP contribution < -0.4 is 9.64 Å². The van der Waals surface area contributed by atoms with Gasteiger partial charge in [-0.15, -0.1) is 0 Å². The number of anilines is 1. The van der Waals surface area contributed by atoms with E-state index in [1.807, 2.05) is 39.8 Å². The fourth-order valence-corrected chi connectivity index (χ4v) is 3.97. The molecule has 0 bridgehead atoms. The normalized spacial score (nSPS) is 17.9. The number of rotatable bonds is 5. The van der Waals surface area contributed by atoms with E-state index in [4.69, 9.17) is 9.15 Å². The first kappa shape index (κ1) is 21.4. The van der Waals surface area contributed by atoms with Crippen molar-refractivity contribution in [3.05, 3.63) is 88.9 Å². The second-order valence-electron chi connectivity index (χ2n) is 8.12. The SMILES string of the molecule is Cc1cc(/C(O)=C2/C(=O)C(=O)N(c3ccccc3C)C2c2ccco2)ccc1OC(C)C. The number of aliphatic hydroxyl groups is 1. The van der Waals surface area contributed by atoms with E-state index in [-0.39, 0.29) is 17.4 Å². The molecule has 1 atom stereocenters. The van der Waals surface area contributed by atoms with Gasteiger partial charge in [0.05, 0.1) is 17.9 Å². The number of benzene rings is 2. The molecule has 0 radical (unpaired) electrons. The number of Topliss-reactive ketones (excluding diaryl/α,β-unsaturated/α-hetero) is 1. The molecule has 1 aliphatic heterocycles. The molecule has 1 amide bonds. The Bertz CT molecular complexity index is 1210. The number of ether oxygens (including phenoxy) is 1. The number of nitrogens with zero attached hydrogens (tertiary/aromatic N) is 1.